The van der Waals surface area contributed by atoms with Crippen LogP contribution in [0.15, 0.2) is 66.7 Å². The number of fused-ring (bicyclic) bond motifs is 1. The Hall–Kier alpha value is -2.39. The molecular weight excluding hydrogens is 410 g/mol. The molecule has 1 aliphatic rings. The first kappa shape index (κ1) is 18.9. The number of hydrogen-bond acceptors (Lipinski definition) is 1. The Bertz CT molecular complexity index is 976. The fourth-order valence-electron chi connectivity index (χ4n) is 3.73. The van der Waals surface area contributed by atoms with Crippen molar-refractivity contribution < 1.29 is 4.79 Å². The minimum Gasteiger partial charge on any atom is -0.338 e. The number of alkyl halides is 1. The molecule has 4 rings (SSSR count). The van der Waals surface area contributed by atoms with Gasteiger partial charge in [-0.25, -0.2) is 0 Å². The average Bonchev–Trinajstić information content (AvgIpc) is 2.74. The summed E-state index contributed by atoms with van der Waals surface area (Å²) in [5.41, 5.74) is 8.65. The van der Waals surface area contributed by atoms with Crippen LogP contribution >= 0.6 is 15.9 Å². The number of benzene rings is 3. The van der Waals surface area contributed by atoms with E-state index in [1.807, 2.05) is 4.90 Å². The van der Waals surface area contributed by atoms with Gasteiger partial charge in [0.15, 0.2) is 0 Å². The summed E-state index contributed by atoms with van der Waals surface area (Å²) in [6, 6.07) is 23.6. The highest BCUT2D eigenvalue weighted by Gasteiger charge is 2.21. The van der Waals surface area contributed by atoms with Gasteiger partial charge in [-0.1, -0.05) is 82.2 Å². The van der Waals surface area contributed by atoms with Crippen LogP contribution in [0.25, 0.3) is 11.1 Å². The van der Waals surface area contributed by atoms with E-state index in [1.54, 1.807) is 0 Å². The topological polar surface area (TPSA) is 20.3 Å². The van der Waals surface area contributed by atoms with Crippen molar-refractivity contribution in [3.63, 3.8) is 0 Å². The molecule has 0 spiro atoms. The molecule has 3 aromatic rings. The summed E-state index contributed by atoms with van der Waals surface area (Å²) < 4.78 is 0. The Balaban J connectivity index is 1.49. The largest absolute Gasteiger partial charge is 0.338 e. The Morgan fingerprint density at radius 3 is 2.29 bits per heavy atom. The molecule has 142 valence electrons. The minimum absolute atomic E-state index is 0.206. The van der Waals surface area contributed by atoms with Gasteiger partial charge in [-0.15, -0.1) is 0 Å². The average molecular weight is 434 g/mol. The number of aryl methyl sites for hydroxylation is 1. The van der Waals surface area contributed by atoms with E-state index < -0.39 is 0 Å². The van der Waals surface area contributed by atoms with Gasteiger partial charge in [0.2, 0.25) is 5.91 Å². The predicted octanol–water partition coefficient (Wildman–Crippen LogP) is 5.68. The lowest BCUT2D eigenvalue weighted by Crippen LogP contribution is -2.36. The Morgan fingerprint density at radius 1 is 0.893 bits per heavy atom. The van der Waals surface area contributed by atoms with Gasteiger partial charge in [0.05, 0.1) is 6.42 Å². The van der Waals surface area contributed by atoms with Gasteiger partial charge in [-0.05, 0) is 52.8 Å². The third-order valence-corrected chi connectivity index (χ3v) is 6.14. The molecule has 0 bridgehead atoms. The zero-order valence-electron chi connectivity index (χ0n) is 16.1. The zero-order valence-corrected chi connectivity index (χ0v) is 17.7. The number of rotatable bonds is 4. The summed E-state index contributed by atoms with van der Waals surface area (Å²) in [7, 11) is 0. The molecule has 0 aromatic heterocycles. The number of nitrogens with zero attached hydrogens (tertiary/aromatic N) is 1. The highest BCUT2D eigenvalue weighted by molar-refractivity contribution is 9.08. The Morgan fingerprint density at radius 2 is 1.57 bits per heavy atom. The van der Waals surface area contributed by atoms with Gasteiger partial charge in [0.25, 0.3) is 0 Å². The van der Waals surface area contributed by atoms with Gasteiger partial charge in [0.1, 0.15) is 0 Å². The van der Waals surface area contributed by atoms with E-state index in [0.29, 0.717) is 13.0 Å². The van der Waals surface area contributed by atoms with E-state index in [1.165, 1.54) is 33.4 Å². The maximum atomic E-state index is 12.8. The van der Waals surface area contributed by atoms with Crippen molar-refractivity contribution in [1.29, 1.82) is 0 Å². The molecule has 0 fully saturated rings. The van der Waals surface area contributed by atoms with Gasteiger partial charge in [-0.2, -0.15) is 0 Å². The second-order valence-corrected chi connectivity index (χ2v) is 8.10. The van der Waals surface area contributed by atoms with Crippen molar-refractivity contribution in [3.8, 4) is 11.1 Å². The van der Waals surface area contributed by atoms with Crippen LogP contribution in [0.4, 0.5) is 0 Å². The van der Waals surface area contributed by atoms with Crippen molar-refractivity contribution in [3.05, 3.63) is 94.5 Å². The summed E-state index contributed by atoms with van der Waals surface area (Å²) in [5, 5.41) is 0.841. The quantitative estimate of drug-likeness (QED) is 0.484. The molecule has 3 heteroatoms. The standard InChI is InChI=1S/C25H24BrNO/c1-18-2-8-21(9-3-18)23-11-10-22-12-13-27(17-24(22)15-23)25(28)14-19-4-6-20(16-26)7-5-19/h2-11,15H,12-14,16-17H2,1H3. The fourth-order valence-corrected chi connectivity index (χ4v) is 4.10. The molecule has 0 saturated heterocycles. The summed E-state index contributed by atoms with van der Waals surface area (Å²) in [6.45, 7) is 3.61. The van der Waals surface area contributed by atoms with E-state index in [0.717, 1.165) is 23.9 Å². The van der Waals surface area contributed by atoms with Gasteiger partial charge in [0, 0.05) is 18.4 Å². The van der Waals surface area contributed by atoms with Crippen molar-refractivity contribution in [1.82, 2.24) is 4.90 Å². The molecule has 0 N–H and O–H groups in total. The fraction of sp³-hybridized carbons (Fsp3) is 0.240. The molecule has 3 aromatic carbocycles. The summed E-state index contributed by atoms with van der Waals surface area (Å²) in [6.07, 6.45) is 1.40. The molecular formula is C25H24BrNO. The lowest BCUT2D eigenvalue weighted by molar-refractivity contribution is -0.131. The van der Waals surface area contributed by atoms with Gasteiger partial charge >= 0.3 is 0 Å². The normalized spacial score (nSPS) is 13.3. The SMILES string of the molecule is Cc1ccc(-c2ccc3c(c2)CN(C(=O)Cc2ccc(CBr)cc2)CC3)cc1. The lowest BCUT2D eigenvalue weighted by atomic mass is 9.94. The van der Waals surface area contributed by atoms with E-state index in [2.05, 4.69) is 89.6 Å². The molecule has 1 heterocycles. The van der Waals surface area contributed by atoms with Crippen LogP contribution in [0.3, 0.4) is 0 Å². The molecule has 0 saturated carbocycles. The van der Waals surface area contributed by atoms with E-state index in [9.17, 15) is 4.79 Å². The summed E-state index contributed by atoms with van der Waals surface area (Å²) in [5.74, 6) is 0.206. The van der Waals surface area contributed by atoms with Gasteiger partial charge in [-0.3, -0.25) is 4.79 Å². The highest BCUT2D eigenvalue weighted by Crippen LogP contribution is 2.27. The molecule has 0 radical (unpaired) electrons. The predicted molar refractivity (Wildman–Crippen MR) is 119 cm³/mol. The molecule has 1 amide bonds. The van der Waals surface area contributed by atoms with Crippen molar-refractivity contribution in [2.24, 2.45) is 0 Å². The van der Waals surface area contributed by atoms with Crippen molar-refractivity contribution >= 4 is 21.8 Å². The number of carbonyl (C=O) groups is 1. The Kier molecular flexibility index (Phi) is 5.63. The monoisotopic (exact) mass is 433 g/mol. The van der Waals surface area contributed by atoms with E-state index in [4.69, 9.17) is 0 Å². The number of halogens is 1. The van der Waals surface area contributed by atoms with Crippen molar-refractivity contribution in [2.45, 2.75) is 31.6 Å². The van der Waals surface area contributed by atoms with Crippen LogP contribution in [0, 0.1) is 6.92 Å². The second kappa shape index (κ2) is 8.32. The van der Waals surface area contributed by atoms with Crippen LogP contribution in [-0.2, 0) is 29.5 Å². The third-order valence-electron chi connectivity index (χ3n) is 5.49. The number of carbonyl (C=O) groups excluding carboxylic acids is 1. The Labute approximate surface area is 175 Å². The molecule has 0 unspecified atom stereocenters. The molecule has 2 nitrogen and oxygen atoms in total. The summed E-state index contributed by atoms with van der Waals surface area (Å²) in [4.78, 5) is 14.8. The van der Waals surface area contributed by atoms with Crippen LogP contribution in [0.2, 0.25) is 0 Å². The molecule has 28 heavy (non-hydrogen) atoms. The van der Waals surface area contributed by atoms with Gasteiger partial charge < -0.3 is 4.90 Å². The first-order valence-corrected chi connectivity index (χ1v) is 10.8. The maximum Gasteiger partial charge on any atom is 0.227 e. The van der Waals surface area contributed by atoms with E-state index >= 15 is 0 Å². The van der Waals surface area contributed by atoms with Crippen LogP contribution in [0.1, 0.15) is 27.8 Å². The second-order valence-electron chi connectivity index (χ2n) is 7.54. The molecule has 0 atom stereocenters. The van der Waals surface area contributed by atoms with E-state index in [-0.39, 0.29) is 5.91 Å². The van der Waals surface area contributed by atoms with Crippen LogP contribution < -0.4 is 0 Å². The minimum atomic E-state index is 0.206. The number of amides is 1. The molecule has 0 aliphatic carbocycles. The number of hydrogen-bond donors (Lipinski definition) is 0. The third kappa shape index (κ3) is 4.20. The smallest absolute Gasteiger partial charge is 0.227 e. The summed E-state index contributed by atoms with van der Waals surface area (Å²) >= 11 is 3.46. The lowest BCUT2D eigenvalue weighted by Gasteiger charge is -2.29. The zero-order chi connectivity index (χ0) is 19.5. The molecule has 1 aliphatic heterocycles. The van der Waals surface area contributed by atoms with Crippen molar-refractivity contribution in [2.75, 3.05) is 6.54 Å². The first-order valence-electron chi connectivity index (χ1n) is 9.73. The maximum absolute atomic E-state index is 12.8. The highest BCUT2D eigenvalue weighted by atomic mass is 79.9. The first-order chi connectivity index (χ1) is 13.6. The van der Waals surface area contributed by atoms with Crippen LogP contribution in [0.5, 0.6) is 0 Å². The van der Waals surface area contributed by atoms with Crippen LogP contribution in [-0.4, -0.2) is 17.4 Å².